The average molecular weight is 386 g/mol. The van der Waals surface area contributed by atoms with Crippen molar-refractivity contribution in [1.82, 2.24) is 14.8 Å². The Kier molecular flexibility index (Phi) is 6.08. The van der Waals surface area contributed by atoms with E-state index in [0.29, 0.717) is 16.7 Å². The summed E-state index contributed by atoms with van der Waals surface area (Å²) in [7, 11) is 1.82. The lowest BCUT2D eigenvalue weighted by Gasteiger charge is -2.08. The molecule has 140 valence electrons. The van der Waals surface area contributed by atoms with Crippen molar-refractivity contribution >= 4 is 23.4 Å². The summed E-state index contributed by atoms with van der Waals surface area (Å²) in [5, 5.41) is 11.5. The third-order valence-electron chi connectivity index (χ3n) is 3.82. The molecule has 0 aliphatic rings. The van der Waals surface area contributed by atoms with Crippen LogP contribution in [0.3, 0.4) is 0 Å². The van der Waals surface area contributed by atoms with Gasteiger partial charge in [0.1, 0.15) is 18.2 Å². The molecule has 27 heavy (non-hydrogen) atoms. The highest BCUT2D eigenvalue weighted by Crippen LogP contribution is 2.20. The maximum absolute atomic E-state index is 13.2. The third kappa shape index (κ3) is 5.07. The van der Waals surface area contributed by atoms with E-state index in [1.807, 2.05) is 38.2 Å². The normalized spacial score (nSPS) is 10.6. The quantitative estimate of drug-likeness (QED) is 0.629. The van der Waals surface area contributed by atoms with Crippen LogP contribution in [0.2, 0.25) is 0 Å². The Morgan fingerprint density at radius 3 is 2.81 bits per heavy atom. The number of carbonyl (C=O) groups is 1. The van der Waals surface area contributed by atoms with Crippen molar-refractivity contribution in [1.29, 1.82) is 0 Å². The molecule has 0 bridgehead atoms. The van der Waals surface area contributed by atoms with Crippen LogP contribution in [0.25, 0.3) is 0 Å². The highest BCUT2D eigenvalue weighted by Gasteiger charge is 2.12. The zero-order chi connectivity index (χ0) is 19.2. The third-order valence-corrected chi connectivity index (χ3v) is 4.84. The van der Waals surface area contributed by atoms with Crippen LogP contribution in [-0.4, -0.2) is 26.4 Å². The first-order valence-electron chi connectivity index (χ1n) is 8.28. The van der Waals surface area contributed by atoms with Gasteiger partial charge in [-0.15, -0.1) is 10.2 Å². The first-order valence-corrected chi connectivity index (χ1v) is 9.26. The number of nitrogens with one attached hydrogen (secondary N) is 1. The molecule has 3 rings (SSSR count). The van der Waals surface area contributed by atoms with Gasteiger partial charge in [0.05, 0.1) is 5.75 Å². The van der Waals surface area contributed by atoms with Gasteiger partial charge in [0.2, 0.25) is 5.91 Å². The van der Waals surface area contributed by atoms with Crippen LogP contribution in [0.5, 0.6) is 5.75 Å². The predicted molar refractivity (Wildman–Crippen MR) is 102 cm³/mol. The molecule has 1 heterocycles. The minimum atomic E-state index is -0.396. The molecule has 3 aromatic rings. The van der Waals surface area contributed by atoms with Gasteiger partial charge < -0.3 is 14.6 Å². The number of amides is 1. The van der Waals surface area contributed by atoms with Crippen LogP contribution in [0.1, 0.15) is 11.4 Å². The summed E-state index contributed by atoms with van der Waals surface area (Å²) in [6.45, 7) is 2.26. The van der Waals surface area contributed by atoms with E-state index in [-0.39, 0.29) is 18.3 Å². The summed E-state index contributed by atoms with van der Waals surface area (Å²) in [6, 6.07) is 13.5. The number of thioether (sulfide) groups is 1. The molecule has 0 atom stereocenters. The van der Waals surface area contributed by atoms with Gasteiger partial charge in [-0.2, -0.15) is 0 Å². The summed E-state index contributed by atoms with van der Waals surface area (Å²) >= 11 is 1.25. The number of ether oxygens (including phenoxy) is 1. The number of para-hydroxylation sites is 1. The van der Waals surface area contributed by atoms with E-state index in [9.17, 15) is 9.18 Å². The molecule has 0 unspecified atom stereocenters. The minimum Gasteiger partial charge on any atom is -0.485 e. The predicted octanol–water partition coefficient (Wildman–Crippen LogP) is 3.57. The Labute approximate surface area is 160 Å². The molecule has 8 heteroatoms. The second kappa shape index (κ2) is 8.68. The number of aryl methyl sites for hydroxylation is 1. The molecule has 1 amide bonds. The maximum Gasteiger partial charge on any atom is 0.234 e. The molecule has 0 aliphatic heterocycles. The number of hydrogen-bond donors (Lipinski definition) is 1. The SMILES string of the molecule is Cc1ccccc1OCc1nnc(SCC(=O)Nc2cccc(F)c2)n1C. The molecule has 0 aliphatic carbocycles. The zero-order valence-corrected chi connectivity index (χ0v) is 15.8. The van der Waals surface area contributed by atoms with Crippen LogP contribution >= 0.6 is 11.8 Å². The second-order valence-electron chi connectivity index (χ2n) is 5.86. The average Bonchev–Trinajstić information content (AvgIpc) is 2.99. The highest BCUT2D eigenvalue weighted by atomic mass is 32.2. The molecule has 0 fully saturated rings. The number of aromatic nitrogens is 3. The van der Waals surface area contributed by atoms with E-state index >= 15 is 0 Å². The fraction of sp³-hybridized carbons (Fsp3) is 0.211. The number of anilines is 1. The van der Waals surface area contributed by atoms with Gasteiger partial charge in [-0.3, -0.25) is 4.79 Å². The van der Waals surface area contributed by atoms with Crippen molar-refractivity contribution in [2.24, 2.45) is 7.05 Å². The largest absolute Gasteiger partial charge is 0.485 e. The smallest absolute Gasteiger partial charge is 0.234 e. The molecule has 0 radical (unpaired) electrons. The fourth-order valence-corrected chi connectivity index (χ4v) is 3.08. The van der Waals surface area contributed by atoms with Crippen LogP contribution in [0.15, 0.2) is 53.7 Å². The van der Waals surface area contributed by atoms with Crippen molar-refractivity contribution in [2.45, 2.75) is 18.7 Å². The lowest BCUT2D eigenvalue weighted by molar-refractivity contribution is -0.113. The number of nitrogens with zero attached hydrogens (tertiary/aromatic N) is 3. The summed E-state index contributed by atoms with van der Waals surface area (Å²) in [4.78, 5) is 12.0. The molecular weight excluding hydrogens is 367 g/mol. The first-order chi connectivity index (χ1) is 13.0. The Morgan fingerprint density at radius 1 is 1.22 bits per heavy atom. The minimum absolute atomic E-state index is 0.140. The maximum atomic E-state index is 13.2. The Bertz CT molecular complexity index is 945. The van der Waals surface area contributed by atoms with E-state index in [1.54, 1.807) is 16.7 Å². The van der Waals surface area contributed by atoms with Gasteiger partial charge >= 0.3 is 0 Å². The topological polar surface area (TPSA) is 69.0 Å². The van der Waals surface area contributed by atoms with Crippen LogP contribution < -0.4 is 10.1 Å². The van der Waals surface area contributed by atoms with Crippen molar-refractivity contribution in [3.63, 3.8) is 0 Å². The summed E-state index contributed by atoms with van der Waals surface area (Å²) < 4.78 is 20.7. The lowest BCUT2D eigenvalue weighted by atomic mass is 10.2. The lowest BCUT2D eigenvalue weighted by Crippen LogP contribution is -2.14. The second-order valence-corrected chi connectivity index (χ2v) is 6.80. The van der Waals surface area contributed by atoms with Crippen LogP contribution in [-0.2, 0) is 18.4 Å². The molecule has 6 nitrogen and oxygen atoms in total. The van der Waals surface area contributed by atoms with Gasteiger partial charge in [-0.25, -0.2) is 4.39 Å². The summed E-state index contributed by atoms with van der Waals surface area (Å²) in [5.41, 5.74) is 1.47. The number of hydrogen-bond acceptors (Lipinski definition) is 5. The van der Waals surface area contributed by atoms with E-state index < -0.39 is 5.82 Å². The Balaban J connectivity index is 1.54. The molecular formula is C19H19FN4O2S. The molecule has 2 aromatic carbocycles. The molecule has 0 saturated heterocycles. The van der Waals surface area contributed by atoms with Crippen molar-refractivity contribution in [2.75, 3.05) is 11.1 Å². The molecule has 0 saturated carbocycles. The summed E-state index contributed by atoms with van der Waals surface area (Å²) in [5.74, 6) is 0.954. The molecule has 0 spiro atoms. The van der Waals surface area contributed by atoms with Crippen LogP contribution in [0.4, 0.5) is 10.1 Å². The highest BCUT2D eigenvalue weighted by molar-refractivity contribution is 7.99. The number of rotatable bonds is 7. The number of halogens is 1. The molecule has 1 N–H and O–H groups in total. The standard InChI is InChI=1S/C19H19FN4O2S/c1-13-6-3-4-9-16(13)26-11-17-22-23-19(24(17)2)27-12-18(25)21-15-8-5-7-14(20)10-15/h3-10H,11-12H2,1-2H3,(H,21,25). The monoisotopic (exact) mass is 386 g/mol. The van der Waals surface area contributed by atoms with E-state index in [1.165, 1.54) is 23.9 Å². The van der Waals surface area contributed by atoms with Gasteiger partial charge in [-0.05, 0) is 36.8 Å². The van der Waals surface area contributed by atoms with Gasteiger partial charge in [0.15, 0.2) is 11.0 Å². The van der Waals surface area contributed by atoms with Crippen molar-refractivity contribution in [3.05, 3.63) is 65.7 Å². The van der Waals surface area contributed by atoms with Crippen molar-refractivity contribution in [3.8, 4) is 5.75 Å². The Hall–Kier alpha value is -2.87. The van der Waals surface area contributed by atoms with Gasteiger partial charge in [-0.1, -0.05) is 36.0 Å². The fourth-order valence-electron chi connectivity index (χ4n) is 2.35. The van der Waals surface area contributed by atoms with E-state index in [2.05, 4.69) is 15.5 Å². The Morgan fingerprint density at radius 2 is 2.04 bits per heavy atom. The van der Waals surface area contributed by atoms with Gasteiger partial charge in [0.25, 0.3) is 0 Å². The van der Waals surface area contributed by atoms with E-state index in [4.69, 9.17) is 4.74 Å². The van der Waals surface area contributed by atoms with E-state index in [0.717, 1.165) is 11.3 Å². The zero-order valence-electron chi connectivity index (χ0n) is 15.0. The summed E-state index contributed by atoms with van der Waals surface area (Å²) in [6.07, 6.45) is 0. The van der Waals surface area contributed by atoms with Crippen molar-refractivity contribution < 1.29 is 13.9 Å². The molecule has 1 aromatic heterocycles. The van der Waals surface area contributed by atoms with Crippen LogP contribution in [0, 0.1) is 12.7 Å². The number of benzene rings is 2. The number of carbonyl (C=O) groups excluding carboxylic acids is 1. The van der Waals surface area contributed by atoms with Gasteiger partial charge in [0, 0.05) is 12.7 Å². The first kappa shape index (κ1) is 18.9.